The lowest BCUT2D eigenvalue weighted by Crippen LogP contribution is -2.12. The summed E-state index contributed by atoms with van der Waals surface area (Å²) in [7, 11) is 1.75. The lowest BCUT2D eigenvalue weighted by molar-refractivity contribution is -0.138. The molecule has 2 heterocycles. The van der Waals surface area contributed by atoms with Gasteiger partial charge in [0.25, 0.3) is 0 Å². The first-order valence-corrected chi connectivity index (χ1v) is 13.1. The van der Waals surface area contributed by atoms with E-state index < -0.39 is 29.6 Å². The summed E-state index contributed by atoms with van der Waals surface area (Å²) in [6.45, 7) is 2.02. The highest BCUT2D eigenvalue weighted by atomic mass is 19.4. The van der Waals surface area contributed by atoms with Crippen LogP contribution in [0.15, 0.2) is 48.5 Å². The molecule has 2 atom stereocenters. The second-order valence-electron chi connectivity index (χ2n) is 10.3. The van der Waals surface area contributed by atoms with Gasteiger partial charge in [-0.2, -0.15) is 18.3 Å². The highest BCUT2D eigenvalue weighted by Crippen LogP contribution is 2.48. The molecule has 0 amide bonds. The number of hydrogen-bond acceptors (Lipinski definition) is 5. The van der Waals surface area contributed by atoms with Gasteiger partial charge in [0.2, 0.25) is 0 Å². The zero-order chi connectivity index (χ0) is 29.1. The van der Waals surface area contributed by atoms with E-state index in [2.05, 4.69) is 10.1 Å². The van der Waals surface area contributed by atoms with Crippen LogP contribution in [0.5, 0.6) is 11.5 Å². The van der Waals surface area contributed by atoms with E-state index >= 15 is 4.39 Å². The fourth-order valence-corrected chi connectivity index (χ4v) is 5.66. The highest BCUT2D eigenvalue weighted by molar-refractivity contribution is 5.76. The smallest absolute Gasteiger partial charge is 0.417 e. The van der Waals surface area contributed by atoms with E-state index in [0.29, 0.717) is 40.3 Å². The van der Waals surface area contributed by atoms with Gasteiger partial charge in [0.15, 0.2) is 5.82 Å². The predicted molar refractivity (Wildman–Crippen MR) is 140 cm³/mol. The van der Waals surface area contributed by atoms with Crippen molar-refractivity contribution in [2.75, 3.05) is 6.61 Å². The number of carbonyl (C=O) groups is 1. The molecule has 7 nitrogen and oxygen atoms in total. The molecule has 212 valence electrons. The van der Waals surface area contributed by atoms with E-state index in [1.54, 1.807) is 61.1 Å². The topological polar surface area (TPSA) is 86.5 Å². The largest absolute Gasteiger partial charge is 0.492 e. The maximum Gasteiger partial charge on any atom is 0.417 e. The van der Waals surface area contributed by atoms with Crippen molar-refractivity contribution in [3.8, 4) is 34.0 Å². The Morgan fingerprint density at radius 2 is 1.88 bits per heavy atom. The monoisotopic (exact) mass is 567 g/mol. The van der Waals surface area contributed by atoms with Gasteiger partial charge in [-0.3, -0.25) is 9.48 Å². The summed E-state index contributed by atoms with van der Waals surface area (Å²) >= 11 is 0. The van der Waals surface area contributed by atoms with E-state index in [-0.39, 0.29) is 48.5 Å². The number of benzene rings is 3. The quantitative estimate of drug-likeness (QED) is 0.263. The Balaban J connectivity index is 1.35. The number of aliphatic carboxylic acids is 1. The Morgan fingerprint density at radius 1 is 1.15 bits per heavy atom. The third kappa shape index (κ3) is 4.89. The minimum atomic E-state index is -4.77. The predicted octanol–water partition coefficient (Wildman–Crippen LogP) is 6.63. The first-order valence-electron chi connectivity index (χ1n) is 13.1. The summed E-state index contributed by atoms with van der Waals surface area (Å²) in [5.74, 6) is -0.189. The average molecular weight is 568 g/mol. The number of nitrogens with zero attached hydrogens (tertiary/aromatic N) is 3. The third-order valence-corrected chi connectivity index (χ3v) is 7.69. The molecule has 3 aromatic carbocycles. The number of ether oxygens (including phenoxy) is 2. The zero-order valence-electron chi connectivity index (χ0n) is 22.1. The summed E-state index contributed by atoms with van der Waals surface area (Å²) in [5.41, 5.74) is 0.964. The lowest BCUT2D eigenvalue weighted by Gasteiger charge is -2.21. The van der Waals surface area contributed by atoms with Crippen LogP contribution in [-0.4, -0.2) is 32.4 Å². The van der Waals surface area contributed by atoms with E-state index in [1.807, 2.05) is 0 Å². The average Bonchev–Trinajstić information content (AvgIpc) is 3.61. The van der Waals surface area contributed by atoms with E-state index in [4.69, 9.17) is 14.6 Å². The maximum atomic E-state index is 15.4. The molecule has 0 fully saturated rings. The van der Waals surface area contributed by atoms with Crippen LogP contribution in [0.25, 0.3) is 22.5 Å². The van der Waals surface area contributed by atoms with Gasteiger partial charge in [-0.1, -0.05) is 30.3 Å². The van der Waals surface area contributed by atoms with Crippen LogP contribution in [0.4, 0.5) is 17.6 Å². The second kappa shape index (κ2) is 9.90. The van der Waals surface area contributed by atoms with Gasteiger partial charge in [0, 0.05) is 35.7 Å². The van der Waals surface area contributed by atoms with Gasteiger partial charge in [-0.15, -0.1) is 0 Å². The van der Waals surface area contributed by atoms with Gasteiger partial charge < -0.3 is 14.6 Å². The standard InChI is InChI=1S/C30H25F4N3O4/c1-15-35-29(36-37(15)2)17-5-3-16(4-6-17)27-21-9-10-24(28(21)23(31)13-22(27)30(32,33)34)41-19-7-8-20-18(11-26(38)39)14-40-25(20)12-19/h3-8,12-13,18,24H,9-11,14H2,1-2H3,(H,38,39)/t18?,24-/m1/s1. The first-order chi connectivity index (χ1) is 19.5. The zero-order valence-corrected chi connectivity index (χ0v) is 22.1. The SMILES string of the molecule is Cc1nc(-c2ccc(-c3c(C(F)(F)F)cc(F)c4c3CC[C@H]4Oc3ccc4c(c3)OCC4CC(=O)O)cc2)nn1C. The van der Waals surface area contributed by atoms with Gasteiger partial charge >= 0.3 is 12.1 Å². The number of halogens is 4. The van der Waals surface area contributed by atoms with Crippen LogP contribution < -0.4 is 9.47 Å². The van der Waals surface area contributed by atoms with Crippen LogP contribution in [-0.2, 0) is 24.4 Å². The Morgan fingerprint density at radius 3 is 2.54 bits per heavy atom. The minimum Gasteiger partial charge on any atom is -0.492 e. The number of alkyl halides is 3. The molecule has 1 unspecified atom stereocenters. The minimum absolute atomic E-state index is 0.0643. The molecule has 6 rings (SSSR count). The lowest BCUT2D eigenvalue weighted by atomic mass is 9.90. The number of carboxylic acid groups (broad SMARTS) is 1. The van der Waals surface area contributed by atoms with E-state index in [0.717, 1.165) is 5.56 Å². The molecule has 0 bridgehead atoms. The van der Waals surface area contributed by atoms with Crippen LogP contribution in [0.2, 0.25) is 0 Å². The number of aromatic nitrogens is 3. The molecule has 0 saturated carbocycles. The summed E-state index contributed by atoms with van der Waals surface area (Å²) in [6.07, 6.45) is -5.17. The van der Waals surface area contributed by atoms with Crippen LogP contribution in [0.3, 0.4) is 0 Å². The van der Waals surface area contributed by atoms with Crippen molar-refractivity contribution in [3.63, 3.8) is 0 Å². The molecule has 0 radical (unpaired) electrons. The maximum absolute atomic E-state index is 15.4. The molecule has 2 aliphatic rings. The molecule has 4 aromatic rings. The number of aryl methyl sites for hydroxylation is 2. The number of carboxylic acids is 1. The fourth-order valence-electron chi connectivity index (χ4n) is 5.66. The molecule has 11 heteroatoms. The Bertz CT molecular complexity index is 1640. The van der Waals surface area contributed by atoms with Crippen molar-refractivity contribution in [1.29, 1.82) is 0 Å². The summed E-state index contributed by atoms with van der Waals surface area (Å²) in [4.78, 5) is 15.5. The fraction of sp³-hybridized carbons (Fsp3) is 0.300. The number of rotatable bonds is 6. The van der Waals surface area contributed by atoms with Gasteiger partial charge in [-0.05, 0) is 48.6 Å². The van der Waals surface area contributed by atoms with Crippen LogP contribution in [0, 0.1) is 12.7 Å². The summed E-state index contributed by atoms with van der Waals surface area (Å²) in [6, 6.07) is 12.0. The van der Waals surface area contributed by atoms with Gasteiger partial charge in [0.1, 0.15) is 29.2 Å². The molecule has 1 aliphatic heterocycles. The van der Waals surface area contributed by atoms with Crippen LogP contribution >= 0.6 is 0 Å². The van der Waals surface area contributed by atoms with Crippen molar-refractivity contribution in [2.45, 2.75) is 44.4 Å². The van der Waals surface area contributed by atoms with E-state index in [9.17, 15) is 18.0 Å². The molecule has 41 heavy (non-hydrogen) atoms. The summed E-state index contributed by atoms with van der Waals surface area (Å²) < 4.78 is 71.3. The molecule has 0 saturated heterocycles. The van der Waals surface area contributed by atoms with Gasteiger partial charge in [0.05, 0.1) is 18.6 Å². The van der Waals surface area contributed by atoms with Crippen molar-refractivity contribution >= 4 is 5.97 Å². The van der Waals surface area contributed by atoms with Crippen molar-refractivity contribution in [1.82, 2.24) is 14.8 Å². The number of fused-ring (bicyclic) bond motifs is 2. The van der Waals surface area contributed by atoms with Crippen molar-refractivity contribution < 1.29 is 36.9 Å². The van der Waals surface area contributed by atoms with Crippen molar-refractivity contribution in [3.05, 3.63) is 82.4 Å². The first kappa shape index (κ1) is 26.8. The molecule has 1 N–H and O–H groups in total. The Labute approximate surface area is 232 Å². The Kier molecular flexibility index (Phi) is 6.47. The van der Waals surface area contributed by atoms with Crippen molar-refractivity contribution in [2.24, 2.45) is 7.05 Å². The Hall–Kier alpha value is -4.41. The molecular weight excluding hydrogens is 542 g/mol. The molecule has 0 spiro atoms. The third-order valence-electron chi connectivity index (χ3n) is 7.69. The molecular formula is C30H25F4N3O4. The second-order valence-corrected chi connectivity index (χ2v) is 10.3. The highest BCUT2D eigenvalue weighted by Gasteiger charge is 2.40. The summed E-state index contributed by atoms with van der Waals surface area (Å²) in [5, 5.41) is 13.4. The van der Waals surface area contributed by atoms with E-state index in [1.165, 1.54) is 0 Å². The number of hydrogen-bond donors (Lipinski definition) is 1. The molecule has 1 aliphatic carbocycles. The molecule has 1 aromatic heterocycles. The van der Waals surface area contributed by atoms with Gasteiger partial charge in [-0.25, -0.2) is 9.37 Å². The van der Waals surface area contributed by atoms with Crippen LogP contribution in [0.1, 0.15) is 52.9 Å². The normalized spacial score (nSPS) is 17.7.